The Morgan fingerprint density at radius 2 is 1.71 bits per heavy atom. The van der Waals surface area contributed by atoms with Gasteiger partial charge in [-0.25, -0.2) is 0 Å². The molecular weight excluding hydrogens is 394 g/mol. The minimum atomic E-state index is -4.55. The van der Waals surface area contributed by atoms with Crippen molar-refractivity contribution >= 4 is 11.8 Å². The molecule has 1 aromatic carbocycles. The fraction of sp³-hybridized carbons (Fsp3) is 0.529. The van der Waals surface area contributed by atoms with Crippen molar-refractivity contribution in [3.63, 3.8) is 0 Å². The van der Waals surface area contributed by atoms with Crippen molar-refractivity contribution in [2.24, 2.45) is 0 Å². The Morgan fingerprint density at radius 1 is 1.07 bits per heavy atom. The Kier molecular flexibility index (Phi) is 6.91. The first-order chi connectivity index (χ1) is 13.0. The van der Waals surface area contributed by atoms with Gasteiger partial charge in [0.15, 0.2) is 0 Å². The van der Waals surface area contributed by atoms with Crippen LogP contribution in [0, 0.1) is 0 Å². The van der Waals surface area contributed by atoms with Crippen LogP contribution < -0.4 is 5.32 Å². The van der Waals surface area contributed by atoms with Crippen LogP contribution in [-0.2, 0) is 16.1 Å². The van der Waals surface area contributed by atoms with E-state index in [1.165, 1.54) is 29.2 Å². The lowest BCUT2D eigenvalue weighted by Gasteiger charge is -2.24. The second kappa shape index (κ2) is 8.80. The molecule has 1 aliphatic heterocycles. The lowest BCUT2D eigenvalue weighted by Crippen LogP contribution is -2.48. The third-order valence-corrected chi connectivity index (χ3v) is 4.01. The van der Waals surface area contributed by atoms with Crippen molar-refractivity contribution in [3.05, 3.63) is 35.4 Å². The third kappa shape index (κ3) is 6.70. The standard InChI is InChI=1S/C17H18F6N2O3/c18-16(19,20)9-24-14(26)13-2-1-7-25(13)15(27)12-5-3-11(4-6-12)8-28-10-17(21,22)23/h3-6,13H,1-2,7-10H2,(H,24,26). The van der Waals surface area contributed by atoms with E-state index in [1.54, 1.807) is 5.32 Å². The maximum atomic E-state index is 12.6. The third-order valence-electron chi connectivity index (χ3n) is 4.01. The number of carbonyl (C=O) groups is 2. The molecule has 0 bridgehead atoms. The number of likely N-dealkylation sites (tertiary alicyclic amines) is 1. The molecule has 11 heteroatoms. The van der Waals surface area contributed by atoms with E-state index in [0.29, 0.717) is 12.0 Å². The van der Waals surface area contributed by atoms with Crippen LogP contribution in [0.1, 0.15) is 28.8 Å². The lowest BCUT2D eigenvalue weighted by molar-refractivity contribution is -0.176. The topological polar surface area (TPSA) is 58.6 Å². The SMILES string of the molecule is O=C(NCC(F)(F)F)C1CCCN1C(=O)c1ccc(COCC(F)(F)F)cc1. The first-order valence-corrected chi connectivity index (χ1v) is 8.35. The van der Waals surface area contributed by atoms with Crippen LogP contribution in [-0.4, -0.2) is 54.8 Å². The Hall–Kier alpha value is -2.30. The average Bonchev–Trinajstić information content (AvgIpc) is 3.07. The molecule has 1 unspecified atom stereocenters. The lowest BCUT2D eigenvalue weighted by atomic mass is 10.1. The second-order valence-electron chi connectivity index (χ2n) is 6.29. The number of nitrogens with one attached hydrogen (secondary N) is 1. The van der Waals surface area contributed by atoms with Crippen LogP contribution in [0.3, 0.4) is 0 Å². The highest BCUT2D eigenvalue weighted by molar-refractivity contribution is 5.98. The van der Waals surface area contributed by atoms with Gasteiger partial charge in [0.2, 0.25) is 5.91 Å². The molecule has 1 aliphatic rings. The highest BCUT2D eigenvalue weighted by Crippen LogP contribution is 2.22. The molecule has 2 rings (SSSR count). The van der Waals surface area contributed by atoms with Gasteiger partial charge in [-0.05, 0) is 30.5 Å². The highest BCUT2D eigenvalue weighted by Gasteiger charge is 2.36. The fourth-order valence-corrected chi connectivity index (χ4v) is 2.78. The normalized spacial score (nSPS) is 17.6. The van der Waals surface area contributed by atoms with E-state index < -0.39 is 43.4 Å². The molecule has 1 saturated heterocycles. The fourth-order valence-electron chi connectivity index (χ4n) is 2.78. The Morgan fingerprint density at radius 3 is 2.29 bits per heavy atom. The van der Waals surface area contributed by atoms with Gasteiger partial charge in [-0.2, -0.15) is 26.3 Å². The van der Waals surface area contributed by atoms with Crippen molar-refractivity contribution in [2.45, 2.75) is 37.8 Å². The molecule has 5 nitrogen and oxygen atoms in total. The number of rotatable bonds is 6. The number of halogens is 6. The number of ether oxygens (including phenoxy) is 1. The van der Waals surface area contributed by atoms with Crippen LogP contribution in [0.25, 0.3) is 0 Å². The molecule has 28 heavy (non-hydrogen) atoms. The zero-order valence-corrected chi connectivity index (χ0v) is 14.6. The first-order valence-electron chi connectivity index (χ1n) is 8.35. The summed E-state index contributed by atoms with van der Waals surface area (Å²) < 4.78 is 77.4. The molecule has 2 amide bonds. The molecule has 1 atom stereocenters. The molecule has 0 aliphatic carbocycles. The van der Waals surface area contributed by atoms with Gasteiger partial charge in [0.25, 0.3) is 5.91 Å². The van der Waals surface area contributed by atoms with E-state index in [2.05, 4.69) is 4.74 Å². The summed E-state index contributed by atoms with van der Waals surface area (Å²) in [5, 5.41) is 1.78. The van der Waals surface area contributed by atoms with Gasteiger partial charge in [-0.1, -0.05) is 12.1 Å². The zero-order chi connectivity index (χ0) is 20.9. The van der Waals surface area contributed by atoms with E-state index in [0.717, 1.165) is 0 Å². The minimum Gasteiger partial charge on any atom is -0.367 e. The van der Waals surface area contributed by atoms with Gasteiger partial charge in [-0.15, -0.1) is 0 Å². The molecule has 156 valence electrons. The van der Waals surface area contributed by atoms with Gasteiger partial charge >= 0.3 is 12.4 Å². The zero-order valence-electron chi connectivity index (χ0n) is 14.6. The minimum absolute atomic E-state index is 0.176. The predicted molar refractivity (Wildman–Crippen MR) is 85.3 cm³/mol. The molecule has 1 heterocycles. The molecular formula is C17H18F6N2O3. The summed E-state index contributed by atoms with van der Waals surface area (Å²) in [6.07, 6.45) is -8.27. The molecule has 0 aromatic heterocycles. The Balaban J connectivity index is 1.95. The summed E-state index contributed by atoms with van der Waals surface area (Å²) in [6, 6.07) is 4.58. The highest BCUT2D eigenvalue weighted by atomic mass is 19.4. The number of nitrogens with zero attached hydrogens (tertiary/aromatic N) is 1. The van der Waals surface area contributed by atoms with Gasteiger partial charge in [0.1, 0.15) is 19.2 Å². The van der Waals surface area contributed by atoms with Crippen molar-refractivity contribution in [3.8, 4) is 0 Å². The predicted octanol–water partition coefficient (Wildman–Crippen LogP) is 3.05. The second-order valence-corrected chi connectivity index (χ2v) is 6.29. The van der Waals surface area contributed by atoms with E-state index >= 15 is 0 Å². The van der Waals surface area contributed by atoms with E-state index in [4.69, 9.17) is 0 Å². The quantitative estimate of drug-likeness (QED) is 0.731. The van der Waals surface area contributed by atoms with Crippen LogP contribution in [0.4, 0.5) is 26.3 Å². The van der Waals surface area contributed by atoms with Crippen molar-refractivity contribution < 1.29 is 40.7 Å². The number of amides is 2. The van der Waals surface area contributed by atoms with Crippen LogP contribution >= 0.6 is 0 Å². The molecule has 1 fully saturated rings. The van der Waals surface area contributed by atoms with E-state index in [9.17, 15) is 35.9 Å². The smallest absolute Gasteiger partial charge is 0.367 e. The summed E-state index contributed by atoms with van der Waals surface area (Å²) in [5.41, 5.74) is 0.594. The number of carbonyl (C=O) groups excluding carboxylic acids is 2. The molecule has 0 radical (unpaired) electrons. The summed E-state index contributed by atoms with van der Waals surface area (Å²) in [7, 11) is 0. The maximum absolute atomic E-state index is 12.6. The summed E-state index contributed by atoms with van der Waals surface area (Å²) in [4.78, 5) is 25.7. The van der Waals surface area contributed by atoms with Crippen LogP contribution in [0.5, 0.6) is 0 Å². The van der Waals surface area contributed by atoms with Gasteiger partial charge in [-0.3, -0.25) is 9.59 Å². The van der Waals surface area contributed by atoms with Gasteiger partial charge in [0.05, 0.1) is 6.61 Å². The Bertz CT molecular complexity index is 688. The number of hydrogen-bond donors (Lipinski definition) is 1. The summed E-state index contributed by atoms with van der Waals surface area (Å²) in [5.74, 6) is -1.41. The van der Waals surface area contributed by atoms with Crippen molar-refractivity contribution in [2.75, 3.05) is 19.7 Å². The average molecular weight is 412 g/mol. The summed E-state index contributed by atoms with van der Waals surface area (Å²) in [6.45, 7) is -2.94. The van der Waals surface area contributed by atoms with Crippen molar-refractivity contribution in [1.29, 1.82) is 0 Å². The number of alkyl halides is 6. The largest absolute Gasteiger partial charge is 0.411 e. The maximum Gasteiger partial charge on any atom is 0.411 e. The number of hydrogen-bond acceptors (Lipinski definition) is 3. The van der Waals surface area contributed by atoms with Crippen LogP contribution in [0.2, 0.25) is 0 Å². The molecule has 1 aromatic rings. The van der Waals surface area contributed by atoms with E-state index in [1.807, 2.05) is 0 Å². The van der Waals surface area contributed by atoms with E-state index in [-0.39, 0.29) is 25.1 Å². The Labute approximate surface area is 156 Å². The molecule has 0 saturated carbocycles. The van der Waals surface area contributed by atoms with Crippen LogP contribution in [0.15, 0.2) is 24.3 Å². The van der Waals surface area contributed by atoms with Gasteiger partial charge < -0.3 is 15.0 Å². The molecule has 0 spiro atoms. The van der Waals surface area contributed by atoms with Crippen molar-refractivity contribution in [1.82, 2.24) is 10.2 Å². The van der Waals surface area contributed by atoms with Gasteiger partial charge in [0, 0.05) is 12.1 Å². The summed E-state index contributed by atoms with van der Waals surface area (Å²) >= 11 is 0. The monoisotopic (exact) mass is 412 g/mol. The molecule has 1 N–H and O–H groups in total. The first kappa shape index (κ1) is 22.0. The number of benzene rings is 1.